The zero-order valence-electron chi connectivity index (χ0n) is 16.3. The number of amides is 3. The molecule has 2 aromatic rings. The quantitative estimate of drug-likeness (QED) is 0.660. The normalized spacial score (nSPS) is 13.8. The minimum atomic E-state index is -0.275. The van der Waals surface area contributed by atoms with Crippen molar-refractivity contribution in [2.24, 2.45) is 0 Å². The molecule has 0 bridgehead atoms. The van der Waals surface area contributed by atoms with E-state index in [0.717, 1.165) is 30.6 Å². The van der Waals surface area contributed by atoms with Gasteiger partial charge in [-0.1, -0.05) is 25.0 Å². The Bertz CT molecular complexity index is 805. The van der Waals surface area contributed by atoms with E-state index >= 15 is 0 Å². The van der Waals surface area contributed by atoms with Crippen LogP contribution in [0.3, 0.4) is 0 Å². The number of anilines is 1. The van der Waals surface area contributed by atoms with Gasteiger partial charge in [0.2, 0.25) is 17.7 Å². The third-order valence-corrected chi connectivity index (χ3v) is 5.69. The molecule has 0 aromatic carbocycles. The predicted octanol–water partition coefficient (Wildman–Crippen LogP) is 2.95. The second-order valence-corrected chi connectivity index (χ2v) is 8.17. The van der Waals surface area contributed by atoms with E-state index in [-0.39, 0.29) is 43.1 Å². The van der Waals surface area contributed by atoms with Gasteiger partial charge in [-0.3, -0.25) is 14.4 Å². The van der Waals surface area contributed by atoms with Gasteiger partial charge in [0.25, 0.3) is 0 Å². The molecule has 0 aliphatic heterocycles. The maximum atomic E-state index is 12.8. The maximum Gasteiger partial charge on any atom is 0.239 e. The average Bonchev–Trinajstić information content (AvgIpc) is 3.40. The molecule has 2 aromatic heterocycles. The molecule has 1 aliphatic carbocycles. The lowest BCUT2D eigenvalue weighted by atomic mass is 10.2. The molecule has 2 N–H and O–H groups in total. The molecule has 7 nitrogen and oxygen atoms in total. The standard InChI is InChI=1S/C21H26N4O3S/c26-19(24-18-9-3-4-12-22-18)10-11-21(28)25(14-17-8-5-13-29-17)15-20(27)23-16-6-1-2-7-16/h3-5,8-9,12-13,16H,1-2,6-7,10-11,14-15H2,(H,23,27)(H,22,24,26). The van der Waals surface area contributed by atoms with Crippen LogP contribution in [0, 0.1) is 0 Å². The highest BCUT2D eigenvalue weighted by atomic mass is 32.1. The smallest absolute Gasteiger partial charge is 0.239 e. The molecule has 0 spiro atoms. The van der Waals surface area contributed by atoms with Crippen molar-refractivity contribution in [2.75, 3.05) is 11.9 Å². The first-order valence-electron chi connectivity index (χ1n) is 9.90. The zero-order chi connectivity index (χ0) is 20.5. The molecule has 3 rings (SSSR count). The van der Waals surface area contributed by atoms with Crippen molar-refractivity contribution in [3.8, 4) is 0 Å². The molecule has 1 fully saturated rings. The van der Waals surface area contributed by atoms with Gasteiger partial charge in [0.05, 0.1) is 13.1 Å². The highest BCUT2D eigenvalue weighted by molar-refractivity contribution is 7.09. The Hall–Kier alpha value is -2.74. The number of thiophene rings is 1. The fraction of sp³-hybridized carbons (Fsp3) is 0.429. The van der Waals surface area contributed by atoms with Crippen molar-refractivity contribution in [2.45, 2.75) is 51.1 Å². The lowest BCUT2D eigenvalue weighted by Crippen LogP contribution is -2.43. The lowest BCUT2D eigenvalue weighted by Gasteiger charge is -2.23. The van der Waals surface area contributed by atoms with Crippen molar-refractivity contribution in [3.63, 3.8) is 0 Å². The Balaban J connectivity index is 1.53. The number of nitrogens with one attached hydrogen (secondary N) is 2. The second kappa shape index (κ2) is 10.7. The molecule has 1 saturated carbocycles. The Labute approximate surface area is 174 Å². The van der Waals surface area contributed by atoms with Crippen LogP contribution < -0.4 is 10.6 Å². The third-order valence-electron chi connectivity index (χ3n) is 4.83. The first kappa shape index (κ1) is 21.0. The van der Waals surface area contributed by atoms with Gasteiger partial charge in [0, 0.05) is 30.0 Å². The van der Waals surface area contributed by atoms with Crippen molar-refractivity contribution in [1.29, 1.82) is 0 Å². The fourth-order valence-corrected chi connectivity index (χ4v) is 4.08. The van der Waals surface area contributed by atoms with E-state index in [9.17, 15) is 14.4 Å². The number of aromatic nitrogens is 1. The van der Waals surface area contributed by atoms with Crippen molar-refractivity contribution in [3.05, 3.63) is 46.8 Å². The Morgan fingerprint density at radius 1 is 1.07 bits per heavy atom. The predicted molar refractivity (Wildman–Crippen MR) is 112 cm³/mol. The molecular formula is C21H26N4O3S. The number of carbonyl (C=O) groups excluding carboxylic acids is 3. The summed E-state index contributed by atoms with van der Waals surface area (Å²) in [6.07, 6.45) is 5.94. The molecule has 0 saturated heterocycles. The third kappa shape index (κ3) is 6.98. The van der Waals surface area contributed by atoms with E-state index in [4.69, 9.17) is 0 Å². The summed E-state index contributed by atoms with van der Waals surface area (Å²) in [5, 5.41) is 7.64. The van der Waals surface area contributed by atoms with Crippen molar-refractivity contribution >= 4 is 34.9 Å². The average molecular weight is 415 g/mol. The molecule has 0 unspecified atom stereocenters. The first-order valence-corrected chi connectivity index (χ1v) is 10.8. The summed E-state index contributed by atoms with van der Waals surface area (Å²) in [5.41, 5.74) is 0. The lowest BCUT2D eigenvalue weighted by molar-refractivity contribution is -0.137. The van der Waals surface area contributed by atoms with Crippen LogP contribution in [-0.4, -0.2) is 40.2 Å². The number of carbonyl (C=O) groups is 3. The summed E-state index contributed by atoms with van der Waals surface area (Å²) >= 11 is 1.54. The summed E-state index contributed by atoms with van der Waals surface area (Å²) in [6, 6.07) is 9.30. The molecule has 2 heterocycles. The van der Waals surface area contributed by atoms with Crippen LogP contribution in [-0.2, 0) is 20.9 Å². The van der Waals surface area contributed by atoms with E-state index in [1.54, 1.807) is 35.7 Å². The van der Waals surface area contributed by atoms with Crippen LogP contribution in [0.25, 0.3) is 0 Å². The van der Waals surface area contributed by atoms with E-state index in [1.807, 2.05) is 17.5 Å². The van der Waals surface area contributed by atoms with Crippen LogP contribution >= 0.6 is 11.3 Å². The van der Waals surface area contributed by atoms with Crippen LogP contribution in [0.15, 0.2) is 41.9 Å². The van der Waals surface area contributed by atoms with Gasteiger partial charge in [-0.15, -0.1) is 11.3 Å². The monoisotopic (exact) mass is 414 g/mol. The highest BCUT2D eigenvalue weighted by Gasteiger charge is 2.22. The van der Waals surface area contributed by atoms with Crippen LogP contribution in [0.2, 0.25) is 0 Å². The molecule has 154 valence electrons. The summed E-state index contributed by atoms with van der Waals surface area (Å²) in [5.74, 6) is -0.171. The van der Waals surface area contributed by atoms with Gasteiger partial charge < -0.3 is 15.5 Å². The number of rotatable bonds is 9. The number of hydrogen-bond acceptors (Lipinski definition) is 5. The molecule has 0 radical (unpaired) electrons. The van der Waals surface area contributed by atoms with Gasteiger partial charge in [-0.05, 0) is 36.4 Å². The number of nitrogens with zero attached hydrogens (tertiary/aromatic N) is 2. The second-order valence-electron chi connectivity index (χ2n) is 7.14. The van der Waals surface area contributed by atoms with Crippen molar-refractivity contribution in [1.82, 2.24) is 15.2 Å². The Morgan fingerprint density at radius 3 is 2.59 bits per heavy atom. The largest absolute Gasteiger partial charge is 0.352 e. The summed E-state index contributed by atoms with van der Waals surface area (Å²) < 4.78 is 0. The summed E-state index contributed by atoms with van der Waals surface area (Å²) in [4.78, 5) is 43.9. The van der Waals surface area contributed by atoms with Crippen LogP contribution in [0.4, 0.5) is 5.82 Å². The van der Waals surface area contributed by atoms with E-state index in [1.165, 1.54) is 4.90 Å². The summed E-state index contributed by atoms with van der Waals surface area (Å²) in [6.45, 7) is 0.380. The fourth-order valence-electron chi connectivity index (χ4n) is 3.36. The maximum absolute atomic E-state index is 12.8. The molecule has 1 aliphatic rings. The molecule has 3 amide bonds. The van der Waals surface area contributed by atoms with Gasteiger partial charge in [0.1, 0.15) is 5.82 Å². The molecular weight excluding hydrogens is 388 g/mol. The first-order chi connectivity index (χ1) is 14.1. The van der Waals surface area contributed by atoms with Crippen LogP contribution in [0.1, 0.15) is 43.4 Å². The molecule has 0 atom stereocenters. The van der Waals surface area contributed by atoms with E-state index in [0.29, 0.717) is 12.4 Å². The number of pyridine rings is 1. The van der Waals surface area contributed by atoms with Crippen LogP contribution in [0.5, 0.6) is 0 Å². The van der Waals surface area contributed by atoms with Crippen molar-refractivity contribution < 1.29 is 14.4 Å². The molecule has 8 heteroatoms. The zero-order valence-corrected chi connectivity index (χ0v) is 17.1. The van der Waals surface area contributed by atoms with E-state index < -0.39 is 0 Å². The summed E-state index contributed by atoms with van der Waals surface area (Å²) in [7, 11) is 0. The van der Waals surface area contributed by atoms with Gasteiger partial charge in [-0.25, -0.2) is 4.98 Å². The van der Waals surface area contributed by atoms with Gasteiger partial charge in [0.15, 0.2) is 0 Å². The topological polar surface area (TPSA) is 91.4 Å². The van der Waals surface area contributed by atoms with Gasteiger partial charge >= 0.3 is 0 Å². The minimum Gasteiger partial charge on any atom is -0.352 e. The highest BCUT2D eigenvalue weighted by Crippen LogP contribution is 2.18. The van der Waals surface area contributed by atoms with Gasteiger partial charge in [-0.2, -0.15) is 0 Å². The van der Waals surface area contributed by atoms with E-state index in [2.05, 4.69) is 15.6 Å². The SMILES string of the molecule is O=C(CCC(=O)N(CC(=O)NC1CCCC1)Cc1cccs1)Nc1ccccn1. The Kier molecular flexibility index (Phi) is 7.75. The number of hydrogen-bond donors (Lipinski definition) is 2. The minimum absolute atomic E-state index is 0.00902. The Morgan fingerprint density at radius 2 is 1.90 bits per heavy atom. The molecule has 29 heavy (non-hydrogen) atoms.